The molecule has 1 heterocycles. The summed E-state index contributed by atoms with van der Waals surface area (Å²) >= 11 is 12.1. The largest absolute Gasteiger partial charge is 0.346 e. The third-order valence-corrected chi connectivity index (χ3v) is 4.82. The Labute approximate surface area is 178 Å². The van der Waals surface area contributed by atoms with Gasteiger partial charge in [-0.25, -0.2) is 4.98 Å². The van der Waals surface area contributed by atoms with Crippen LogP contribution in [0.4, 0.5) is 17.2 Å². The number of halogens is 2. The lowest BCUT2D eigenvalue weighted by molar-refractivity contribution is -0.115. The van der Waals surface area contributed by atoms with E-state index in [0.29, 0.717) is 44.8 Å². The fraction of sp³-hybridized carbons (Fsp3) is 0.200. The van der Waals surface area contributed by atoms with Crippen LogP contribution in [0.25, 0.3) is 11.0 Å². The van der Waals surface area contributed by atoms with E-state index in [0.717, 1.165) is 0 Å². The molecule has 0 spiro atoms. The molecule has 0 aliphatic carbocycles. The van der Waals surface area contributed by atoms with Crippen LogP contribution in [0, 0.1) is 0 Å². The van der Waals surface area contributed by atoms with Crippen LogP contribution in [-0.2, 0) is 9.59 Å². The van der Waals surface area contributed by atoms with Crippen LogP contribution in [0.1, 0.15) is 13.8 Å². The molecule has 29 heavy (non-hydrogen) atoms. The summed E-state index contributed by atoms with van der Waals surface area (Å²) in [6.07, 6.45) is 1.60. The number of carbonyl (C=O) groups excluding carboxylic acids is 2. The SMILES string of the molecule is CCN(CC(=O)Nc1ccc(NC(C)=O)cc1)c1cnc2cc(Cl)c(Cl)cc2n1. The van der Waals surface area contributed by atoms with Gasteiger partial charge in [-0.2, -0.15) is 0 Å². The zero-order valence-corrected chi connectivity index (χ0v) is 17.4. The number of benzene rings is 2. The highest BCUT2D eigenvalue weighted by atomic mass is 35.5. The lowest BCUT2D eigenvalue weighted by Gasteiger charge is -2.21. The Morgan fingerprint density at radius 2 is 1.59 bits per heavy atom. The monoisotopic (exact) mass is 431 g/mol. The molecule has 0 saturated heterocycles. The standard InChI is InChI=1S/C20H19Cl2N5O2/c1-3-27(19-10-23-17-8-15(21)16(22)9-18(17)26-19)11-20(29)25-14-6-4-13(5-7-14)24-12(2)28/h4-10H,3,11H2,1-2H3,(H,24,28)(H,25,29). The summed E-state index contributed by atoms with van der Waals surface area (Å²) in [6.45, 7) is 4.03. The molecule has 3 rings (SSSR count). The molecule has 2 amide bonds. The number of rotatable bonds is 6. The van der Waals surface area contributed by atoms with Gasteiger partial charge in [-0.1, -0.05) is 23.2 Å². The van der Waals surface area contributed by atoms with E-state index in [-0.39, 0.29) is 18.4 Å². The Balaban J connectivity index is 1.70. The average molecular weight is 432 g/mol. The van der Waals surface area contributed by atoms with Gasteiger partial charge in [0.1, 0.15) is 5.82 Å². The van der Waals surface area contributed by atoms with Crippen molar-refractivity contribution >= 4 is 63.2 Å². The van der Waals surface area contributed by atoms with Gasteiger partial charge in [0.15, 0.2) is 0 Å². The predicted molar refractivity (Wildman–Crippen MR) is 117 cm³/mol. The lowest BCUT2D eigenvalue weighted by atomic mass is 10.2. The predicted octanol–water partition coefficient (Wildman–Crippen LogP) is 4.36. The highest BCUT2D eigenvalue weighted by Crippen LogP contribution is 2.27. The summed E-state index contributed by atoms with van der Waals surface area (Å²) in [5.41, 5.74) is 2.52. The fourth-order valence-electron chi connectivity index (χ4n) is 2.72. The second-order valence-electron chi connectivity index (χ2n) is 6.30. The van der Waals surface area contributed by atoms with Crippen molar-refractivity contribution in [2.45, 2.75) is 13.8 Å². The minimum absolute atomic E-state index is 0.103. The van der Waals surface area contributed by atoms with Crippen LogP contribution in [-0.4, -0.2) is 34.9 Å². The number of likely N-dealkylation sites (N-methyl/N-ethyl adjacent to an activating group) is 1. The van der Waals surface area contributed by atoms with E-state index in [9.17, 15) is 9.59 Å². The quantitative estimate of drug-likeness (QED) is 0.605. The number of amides is 2. The van der Waals surface area contributed by atoms with E-state index in [2.05, 4.69) is 20.6 Å². The Bertz CT molecular complexity index is 1060. The molecule has 1 aromatic heterocycles. The molecule has 0 fully saturated rings. The summed E-state index contributed by atoms with van der Waals surface area (Å²) in [5, 5.41) is 6.32. The zero-order chi connectivity index (χ0) is 21.0. The highest BCUT2D eigenvalue weighted by molar-refractivity contribution is 6.42. The lowest BCUT2D eigenvalue weighted by Crippen LogP contribution is -2.33. The maximum atomic E-state index is 12.5. The van der Waals surface area contributed by atoms with E-state index < -0.39 is 0 Å². The maximum Gasteiger partial charge on any atom is 0.243 e. The minimum Gasteiger partial charge on any atom is -0.346 e. The van der Waals surface area contributed by atoms with Gasteiger partial charge in [0, 0.05) is 24.8 Å². The van der Waals surface area contributed by atoms with Crippen molar-refractivity contribution in [1.29, 1.82) is 0 Å². The first-order chi connectivity index (χ1) is 13.9. The van der Waals surface area contributed by atoms with E-state index in [4.69, 9.17) is 23.2 Å². The van der Waals surface area contributed by atoms with Gasteiger partial charge in [0.25, 0.3) is 0 Å². The number of aromatic nitrogens is 2. The van der Waals surface area contributed by atoms with Crippen LogP contribution in [0.3, 0.4) is 0 Å². The Morgan fingerprint density at radius 1 is 1.00 bits per heavy atom. The van der Waals surface area contributed by atoms with Gasteiger partial charge in [-0.05, 0) is 43.3 Å². The molecule has 2 N–H and O–H groups in total. The molecule has 9 heteroatoms. The zero-order valence-electron chi connectivity index (χ0n) is 15.9. The van der Waals surface area contributed by atoms with Crippen LogP contribution in [0.5, 0.6) is 0 Å². The van der Waals surface area contributed by atoms with Crippen molar-refractivity contribution in [3.05, 3.63) is 52.6 Å². The Hall–Kier alpha value is -2.90. The fourth-order valence-corrected chi connectivity index (χ4v) is 3.04. The van der Waals surface area contributed by atoms with Crippen molar-refractivity contribution in [2.75, 3.05) is 28.6 Å². The number of carbonyl (C=O) groups is 2. The molecule has 0 aliphatic heterocycles. The first-order valence-electron chi connectivity index (χ1n) is 8.90. The molecular formula is C20H19Cl2N5O2. The highest BCUT2D eigenvalue weighted by Gasteiger charge is 2.13. The summed E-state index contributed by atoms with van der Waals surface area (Å²) in [7, 11) is 0. The second kappa shape index (κ2) is 9.07. The molecule has 0 saturated carbocycles. The second-order valence-corrected chi connectivity index (χ2v) is 7.12. The topological polar surface area (TPSA) is 87.2 Å². The summed E-state index contributed by atoms with van der Waals surface area (Å²) < 4.78 is 0. The summed E-state index contributed by atoms with van der Waals surface area (Å²) in [6, 6.07) is 10.2. The smallest absolute Gasteiger partial charge is 0.243 e. The van der Waals surface area contributed by atoms with Gasteiger partial charge in [0.05, 0.1) is 33.8 Å². The molecule has 2 aromatic carbocycles. The van der Waals surface area contributed by atoms with Crippen LogP contribution >= 0.6 is 23.2 Å². The van der Waals surface area contributed by atoms with Crippen molar-refractivity contribution in [1.82, 2.24) is 9.97 Å². The van der Waals surface area contributed by atoms with Gasteiger partial charge in [-0.3, -0.25) is 14.6 Å². The first kappa shape index (κ1) is 20.8. The van der Waals surface area contributed by atoms with Crippen molar-refractivity contribution in [2.24, 2.45) is 0 Å². The number of hydrogen-bond donors (Lipinski definition) is 2. The minimum atomic E-state index is -0.199. The van der Waals surface area contributed by atoms with Gasteiger partial charge >= 0.3 is 0 Å². The number of fused-ring (bicyclic) bond motifs is 1. The van der Waals surface area contributed by atoms with Crippen LogP contribution in [0.2, 0.25) is 10.0 Å². The van der Waals surface area contributed by atoms with E-state index in [1.54, 1.807) is 47.5 Å². The molecule has 0 aliphatic rings. The molecule has 0 radical (unpaired) electrons. The third kappa shape index (κ3) is 5.34. The number of nitrogens with one attached hydrogen (secondary N) is 2. The first-order valence-corrected chi connectivity index (χ1v) is 9.65. The molecule has 7 nitrogen and oxygen atoms in total. The molecule has 150 valence electrons. The number of anilines is 3. The molecule has 0 bridgehead atoms. The molecule has 3 aromatic rings. The van der Waals surface area contributed by atoms with Gasteiger partial charge < -0.3 is 15.5 Å². The molecule has 0 unspecified atom stereocenters. The Kier molecular flexibility index (Phi) is 6.51. The summed E-state index contributed by atoms with van der Waals surface area (Å²) in [4.78, 5) is 34.3. The van der Waals surface area contributed by atoms with E-state index in [1.807, 2.05) is 6.92 Å². The normalized spacial score (nSPS) is 10.6. The van der Waals surface area contributed by atoms with E-state index >= 15 is 0 Å². The van der Waals surface area contributed by atoms with Gasteiger partial charge in [-0.15, -0.1) is 0 Å². The van der Waals surface area contributed by atoms with E-state index in [1.165, 1.54) is 6.92 Å². The number of nitrogens with zero attached hydrogens (tertiary/aromatic N) is 3. The van der Waals surface area contributed by atoms with Crippen molar-refractivity contribution in [3.8, 4) is 0 Å². The Morgan fingerprint density at radius 3 is 2.17 bits per heavy atom. The molecular weight excluding hydrogens is 413 g/mol. The third-order valence-electron chi connectivity index (χ3n) is 4.10. The van der Waals surface area contributed by atoms with Crippen LogP contribution < -0.4 is 15.5 Å². The van der Waals surface area contributed by atoms with Crippen LogP contribution in [0.15, 0.2) is 42.6 Å². The summed E-state index contributed by atoms with van der Waals surface area (Å²) in [5.74, 6) is 0.213. The van der Waals surface area contributed by atoms with Crippen molar-refractivity contribution in [3.63, 3.8) is 0 Å². The van der Waals surface area contributed by atoms with Crippen molar-refractivity contribution < 1.29 is 9.59 Å². The average Bonchev–Trinajstić information content (AvgIpc) is 2.68. The molecule has 0 atom stereocenters. The number of hydrogen-bond acceptors (Lipinski definition) is 5. The maximum absolute atomic E-state index is 12.5. The van der Waals surface area contributed by atoms with Gasteiger partial charge in [0.2, 0.25) is 11.8 Å².